The molecule has 0 unspecified atom stereocenters. The highest BCUT2D eigenvalue weighted by Gasteiger charge is 2.39. The lowest BCUT2D eigenvalue weighted by atomic mass is 9.99. The monoisotopic (exact) mass is 399 g/mol. The van der Waals surface area contributed by atoms with E-state index in [0.717, 1.165) is 17.9 Å². The molecule has 5 nitrogen and oxygen atoms in total. The Kier molecular flexibility index (Phi) is 5.10. The van der Waals surface area contributed by atoms with Crippen molar-refractivity contribution in [1.82, 2.24) is 14.5 Å². The van der Waals surface area contributed by atoms with Gasteiger partial charge in [0.1, 0.15) is 28.9 Å². The SMILES string of the molecule is CC1(C)c2nc(-c3ccc(F)cc3)c(Oc3ccc(F)cc3)n2CCN1CCO. The quantitative estimate of drug-likeness (QED) is 0.700. The number of benzene rings is 2. The molecule has 152 valence electrons. The van der Waals surface area contributed by atoms with Crippen molar-refractivity contribution < 1.29 is 18.6 Å². The molecule has 7 heteroatoms. The van der Waals surface area contributed by atoms with Crippen LogP contribution in [0.3, 0.4) is 0 Å². The number of imidazole rings is 1. The van der Waals surface area contributed by atoms with E-state index in [4.69, 9.17) is 9.72 Å². The number of aliphatic hydroxyl groups excluding tert-OH is 1. The van der Waals surface area contributed by atoms with Crippen molar-refractivity contribution in [2.24, 2.45) is 0 Å². The minimum absolute atomic E-state index is 0.0634. The van der Waals surface area contributed by atoms with Crippen LogP contribution in [0.2, 0.25) is 0 Å². The minimum Gasteiger partial charge on any atom is -0.438 e. The number of rotatable bonds is 5. The Morgan fingerprint density at radius 1 is 1.00 bits per heavy atom. The first-order chi connectivity index (χ1) is 13.9. The van der Waals surface area contributed by atoms with Crippen LogP contribution in [0.4, 0.5) is 8.78 Å². The maximum atomic E-state index is 13.5. The van der Waals surface area contributed by atoms with Gasteiger partial charge in [-0.25, -0.2) is 13.8 Å². The molecule has 1 aromatic heterocycles. The van der Waals surface area contributed by atoms with E-state index in [1.54, 1.807) is 24.3 Å². The highest BCUT2D eigenvalue weighted by Crippen LogP contribution is 2.41. The van der Waals surface area contributed by atoms with Crippen LogP contribution < -0.4 is 4.74 Å². The largest absolute Gasteiger partial charge is 0.438 e. The normalized spacial score (nSPS) is 15.9. The topological polar surface area (TPSA) is 50.5 Å². The molecule has 2 heterocycles. The molecular formula is C22H23F2N3O2. The second-order valence-corrected chi connectivity index (χ2v) is 7.57. The molecule has 0 bridgehead atoms. The Balaban J connectivity index is 1.83. The molecule has 0 aliphatic carbocycles. The molecule has 2 aromatic carbocycles. The van der Waals surface area contributed by atoms with Crippen molar-refractivity contribution >= 4 is 0 Å². The number of aromatic nitrogens is 2. The third-order valence-corrected chi connectivity index (χ3v) is 5.37. The van der Waals surface area contributed by atoms with E-state index < -0.39 is 5.54 Å². The van der Waals surface area contributed by atoms with Crippen LogP contribution in [0.5, 0.6) is 11.6 Å². The second kappa shape index (κ2) is 7.57. The average molecular weight is 399 g/mol. The van der Waals surface area contributed by atoms with Gasteiger partial charge in [-0.2, -0.15) is 0 Å². The van der Waals surface area contributed by atoms with Gasteiger partial charge in [0.05, 0.1) is 12.1 Å². The Morgan fingerprint density at radius 3 is 2.24 bits per heavy atom. The van der Waals surface area contributed by atoms with E-state index in [1.807, 2.05) is 4.57 Å². The molecule has 0 fully saturated rings. The zero-order valence-corrected chi connectivity index (χ0v) is 16.4. The zero-order chi connectivity index (χ0) is 20.6. The summed E-state index contributed by atoms with van der Waals surface area (Å²) < 4.78 is 34.9. The second-order valence-electron chi connectivity index (χ2n) is 7.57. The number of β-amino-alcohol motifs (C(OH)–C–C–N with tert-alkyl or cyclic N) is 1. The summed E-state index contributed by atoms with van der Waals surface area (Å²) in [6.07, 6.45) is 0. The van der Waals surface area contributed by atoms with E-state index in [9.17, 15) is 13.9 Å². The van der Waals surface area contributed by atoms with Crippen molar-refractivity contribution in [1.29, 1.82) is 0 Å². The highest BCUT2D eigenvalue weighted by atomic mass is 19.1. The van der Waals surface area contributed by atoms with Gasteiger partial charge in [-0.05, 0) is 62.4 Å². The molecule has 0 amide bonds. The lowest BCUT2D eigenvalue weighted by molar-refractivity contribution is 0.0571. The van der Waals surface area contributed by atoms with Crippen molar-refractivity contribution in [2.45, 2.75) is 25.9 Å². The molecule has 0 atom stereocenters. The van der Waals surface area contributed by atoms with Crippen LogP contribution in [0.25, 0.3) is 11.3 Å². The van der Waals surface area contributed by atoms with Gasteiger partial charge in [0.2, 0.25) is 5.88 Å². The zero-order valence-electron chi connectivity index (χ0n) is 16.4. The lowest BCUT2D eigenvalue weighted by Crippen LogP contribution is -2.50. The van der Waals surface area contributed by atoms with Crippen LogP contribution in [-0.2, 0) is 12.1 Å². The molecule has 1 aliphatic rings. The first-order valence-corrected chi connectivity index (χ1v) is 9.56. The maximum absolute atomic E-state index is 13.5. The van der Waals surface area contributed by atoms with Gasteiger partial charge in [0, 0.05) is 25.2 Å². The summed E-state index contributed by atoms with van der Waals surface area (Å²) >= 11 is 0. The molecule has 29 heavy (non-hydrogen) atoms. The third-order valence-electron chi connectivity index (χ3n) is 5.37. The molecule has 1 N–H and O–H groups in total. The fourth-order valence-electron chi connectivity index (χ4n) is 3.78. The van der Waals surface area contributed by atoms with Gasteiger partial charge >= 0.3 is 0 Å². The Hall–Kier alpha value is -2.77. The van der Waals surface area contributed by atoms with Crippen molar-refractivity contribution in [2.75, 3.05) is 19.7 Å². The predicted octanol–water partition coefficient (Wildman–Crippen LogP) is 4.16. The fraction of sp³-hybridized carbons (Fsp3) is 0.318. The summed E-state index contributed by atoms with van der Waals surface area (Å²) in [6.45, 7) is 6.06. The van der Waals surface area contributed by atoms with Crippen molar-refractivity contribution in [3.8, 4) is 22.9 Å². The van der Waals surface area contributed by atoms with Crippen LogP contribution in [0, 0.1) is 11.6 Å². The van der Waals surface area contributed by atoms with E-state index in [1.165, 1.54) is 24.3 Å². The molecular weight excluding hydrogens is 376 g/mol. The Labute approximate surface area is 168 Å². The third kappa shape index (κ3) is 3.63. The summed E-state index contributed by atoms with van der Waals surface area (Å²) in [5.74, 6) is 1.16. The van der Waals surface area contributed by atoms with Crippen molar-refractivity contribution in [3.63, 3.8) is 0 Å². The number of hydrogen-bond acceptors (Lipinski definition) is 4. The molecule has 4 rings (SSSR count). The Morgan fingerprint density at radius 2 is 1.62 bits per heavy atom. The van der Waals surface area contributed by atoms with Crippen molar-refractivity contribution in [3.05, 3.63) is 66.0 Å². The predicted molar refractivity (Wildman–Crippen MR) is 106 cm³/mol. The fourth-order valence-corrected chi connectivity index (χ4v) is 3.78. The number of ether oxygens (including phenoxy) is 1. The molecule has 1 aliphatic heterocycles. The number of fused-ring (bicyclic) bond motifs is 1. The summed E-state index contributed by atoms with van der Waals surface area (Å²) in [4.78, 5) is 7.04. The van der Waals surface area contributed by atoms with E-state index in [-0.39, 0.29) is 18.2 Å². The van der Waals surface area contributed by atoms with E-state index >= 15 is 0 Å². The van der Waals surface area contributed by atoms with Gasteiger partial charge in [-0.3, -0.25) is 9.47 Å². The maximum Gasteiger partial charge on any atom is 0.228 e. The first-order valence-electron chi connectivity index (χ1n) is 9.56. The van der Waals surface area contributed by atoms with Gasteiger partial charge in [0.25, 0.3) is 0 Å². The highest BCUT2D eigenvalue weighted by molar-refractivity contribution is 5.66. The summed E-state index contributed by atoms with van der Waals surface area (Å²) in [5.41, 5.74) is 0.901. The molecule has 0 saturated heterocycles. The number of hydrogen-bond donors (Lipinski definition) is 1. The van der Waals surface area contributed by atoms with Gasteiger partial charge in [-0.1, -0.05) is 0 Å². The lowest BCUT2D eigenvalue weighted by Gasteiger charge is -2.41. The van der Waals surface area contributed by atoms with Crippen LogP contribution in [0.1, 0.15) is 19.7 Å². The van der Waals surface area contributed by atoms with Gasteiger partial charge in [0.15, 0.2) is 0 Å². The number of aliphatic hydroxyl groups is 1. The summed E-state index contributed by atoms with van der Waals surface area (Å²) in [7, 11) is 0. The van der Waals surface area contributed by atoms with Crippen LogP contribution in [-0.4, -0.2) is 39.3 Å². The summed E-state index contributed by atoms with van der Waals surface area (Å²) in [6, 6.07) is 11.9. The number of halogens is 2. The van der Waals surface area contributed by atoms with E-state index in [2.05, 4.69) is 18.7 Å². The smallest absolute Gasteiger partial charge is 0.228 e. The molecule has 0 saturated carbocycles. The van der Waals surface area contributed by atoms with Crippen LogP contribution in [0.15, 0.2) is 48.5 Å². The van der Waals surface area contributed by atoms with Crippen LogP contribution >= 0.6 is 0 Å². The Bertz CT molecular complexity index is 998. The minimum atomic E-state index is -0.430. The standard InChI is InChI=1S/C22H23F2N3O2/c1-22(2)21-25-19(15-3-5-16(23)6-4-15)20(27(21)12-11-26(22)13-14-28)29-18-9-7-17(24)8-10-18/h3-10,28H,11-14H2,1-2H3. The van der Waals surface area contributed by atoms with E-state index in [0.29, 0.717) is 30.4 Å². The van der Waals surface area contributed by atoms with Gasteiger partial charge in [-0.15, -0.1) is 0 Å². The molecule has 0 spiro atoms. The number of nitrogens with zero attached hydrogens (tertiary/aromatic N) is 3. The van der Waals surface area contributed by atoms with Gasteiger partial charge < -0.3 is 9.84 Å². The first kappa shape index (κ1) is 19.5. The molecule has 0 radical (unpaired) electrons. The summed E-state index contributed by atoms with van der Waals surface area (Å²) in [5, 5.41) is 9.42. The molecule has 3 aromatic rings. The average Bonchev–Trinajstić information content (AvgIpc) is 3.06.